The van der Waals surface area contributed by atoms with Crippen LogP contribution >= 0.6 is 11.6 Å². The van der Waals surface area contributed by atoms with Crippen LogP contribution in [0.15, 0.2) is 48.5 Å². The van der Waals surface area contributed by atoms with Gasteiger partial charge < -0.3 is 15.2 Å². The fraction of sp³-hybridized carbons (Fsp3) is 0.435. The Balaban J connectivity index is 1.23. The smallest absolute Gasteiger partial charge is 0.414 e. The van der Waals surface area contributed by atoms with Gasteiger partial charge in [0.05, 0.1) is 6.54 Å². The molecule has 2 saturated heterocycles. The molecule has 1 unspecified atom stereocenters. The largest absolute Gasteiger partial charge is 0.490 e. The van der Waals surface area contributed by atoms with Gasteiger partial charge >= 0.3 is 6.09 Å². The van der Waals surface area contributed by atoms with E-state index in [0.717, 1.165) is 50.3 Å². The van der Waals surface area contributed by atoms with Crippen molar-refractivity contribution in [1.29, 1.82) is 0 Å². The Bertz CT molecular complexity index is 836. The van der Waals surface area contributed by atoms with Crippen LogP contribution in [0.3, 0.4) is 0 Å². The molecule has 0 spiro atoms. The van der Waals surface area contributed by atoms with Gasteiger partial charge in [0, 0.05) is 30.3 Å². The highest BCUT2D eigenvalue weighted by atomic mass is 35.5. The van der Waals surface area contributed by atoms with Crippen LogP contribution in [0.1, 0.15) is 18.4 Å². The Kier molecular flexibility index (Phi) is 6.77. The lowest BCUT2D eigenvalue weighted by Crippen LogP contribution is -2.42. The first-order valence-electron chi connectivity index (χ1n) is 10.5. The number of nitrogens with two attached hydrogens (primary N) is 1. The lowest BCUT2D eigenvalue weighted by molar-refractivity contribution is 0.0655. The highest BCUT2D eigenvalue weighted by Gasteiger charge is 2.34. The van der Waals surface area contributed by atoms with Gasteiger partial charge in [-0.1, -0.05) is 23.7 Å². The van der Waals surface area contributed by atoms with Gasteiger partial charge in [0.1, 0.15) is 18.0 Å². The molecule has 2 N–H and O–H groups in total. The van der Waals surface area contributed by atoms with Gasteiger partial charge in [0.2, 0.25) is 0 Å². The Hall–Kier alpha value is -2.28. The van der Waals surface area contributed by atoms with Gasteiger partial charge in [0.25, 0.3) is 0 Å². The third-order valence-corrected chi connectivity index (χ3v) is 5.92. The third kappa shape index (κ3) is 5.25. The highest BCUT2D eigenvalue weighted by Crippen LogP contribution is 2.25. The molecule has 2 aromatic carbocycles. The number of amides is 1. The number of benzene rings is 2. The second-order valence-electron chi connectivity index (χ2n) is 7.89. The number of carbonyl (C=O) groups is 1. The summed E-state index contributed by atoms with van der Waals surface area (Å²) < 4.78 is 11.7. The van der Waals surface area contributed by atoms with Crippen LogP contribution in [0, 0.1) is 0 Å². The summed E-state index contributed by atoms with van der Waals surface area (Å²) in [4.78, 5) is 16.3. The summed E-state index contributed by atoms with van der Waals surface area (Å²) >= 11 is 5.94. The molecule has 7 heteroatoms. The van der Waals surface area contributed by atoms with Crippen molar-refractivity contribution in [2.75, 3.05) is 37.6 Å². The van der Waals surface area contributed by atoms with Crippen LogP contribution in [-0.2, 0) is 11.2 Å². The van der Waals surface area contributed by atoms with E-state index in [1.165, 1.54) is 5.56 Å². The molecule has 0 saturated carbocycles. The molecule has 30 heavy (non-hydrogen) atoms. The van der Waals surface area contributed by atoms with E-state index in [4.69, 9.17) is 26.8 Å². The minimum absolute atomic E-state index is 0.124. The second-order valence-corrected chi connectivity index (χ2v) is 8.33. The standard InChI is InChI=1S/C23H28ClN3O3/c24-18-3-5-19(6-4-18)27-16-22(30-23(27)28)15-26-13-10-21(11-14-26)29-20-7-1-17(2-8-20)9-12-25/h1-8,21-22H,9-16,25H2. The molecule has 4 rings (SSSR count). The lowest BCUT2D eigenvalue weighted by Gasteiger charge is -2.33. The molecule has 6 nitrogen and oxygen atoms in total. The van der Waals surface area contributed by atoms with E-state index < -0.39 is 0 Å². The quantitative estimate of drug-likeness (QED) is 0.726. The van der Waals surface area contributed by atoms with E-state index in [9.17, 15) is 4.79 Å². The third-order valence-electron chi connectivity index (χ3n) is 5.67. The van der Waals surface area contributed by atoms with Crippen LogP contribution in [0.2, 0.25) is 5.02 Å². The van der Waals surface area contributed by atoms with Crippen molar-refractivity contribution >= 4 is 23.4 Å². The van der Waals surface area contributed by atoms with Gasteiger partial charge in [-0.3, -0.25) is 9.80 Å². The van der Waals surface area contributed by atoms with Crippen LogP contribution in [0.25, 0.3) is 0 Å². The normalized spacial score (nSPS) is 20.4. The summed E-state index contributed by atoms with van der Waals surface area (Å²) in [6, 6.07) is 15.5. The molecule has 160 valence electrons. The maximum absolute atomic E-state index is 12.3. The van der Waals surface area contributed by atoms with E-state index in [1.54, 1.807) is 17.0 Å². The van der Waals surface area contributed by atoms with Crippen molar-refractivity contribution in [3.8, 4) is 5.75 Å². The van der Waals surface area contributed by atoms with Crippen LogP contribution in [-0.4, -0.2) is 55.9 Å². The minimum atomic E-state index is -0.293. The van der Waals surface area contributed by atoms with E-state index in [2.05, 4.69) is 17.0 Å². The van der Waals surface area contributed by atoms with Crippen LogP contribution < -0.4 is 15.4 Å². The van der Waals surface area contributed by atoms with Crippen LogP contribution in [0.5, 0.6) is 5.75 Å². The van der Waals surface area contributed by atoms with Gasteiger partial charge in [0.15, 0.2) is 0 Å². The number of carbonyl (C=O) groups excluding carboxylic acids is 1. The first kappa shape index (κ1) is 21.0. The summed E-state index contributed by atoms with van der Waals surface area (Å²) in [7, 11) is 0. The maximum Gasteiger partial charge on any atom is 0.414 e. The van der Waals surface area contributed by atoms with Crippen molar-refractivity contribution < 1.29 is 14.3 Å². The zero-order valence-electron chi connectivity index (χ0n) is 17.0. The topological polar surface area (TPSA) is 68.0 Å². The maximum atomic E-state index is 12.3. The summed E-state index contributed by atoms with van der Waals surface area (Å²) in [5.41, 5.74) is 7.65. The van der Waals surface area contributed by atoms with Gasteiger partial charge in [-0.2, -0.15) is 0 Å². The molecule has 2 aliphatic rings. The Morgan fingerprint density at radius 3 is 2.43 bits per heavy atom. The monoisotopic (exact) mass is 429 g/mol. The predicted octanol–water partition coefficient (Wildman–Crippen LogP) is 3.71. The average molecular weight is 430 g/mol. The zero-order chi connectivity index (χ0) is 20.9. The van der Waals surface area contributed by atoms with Crippen molar-refractivity contribution in [2.45, 2.75) is 31.5 Å². The molecule has 2 heterocycles. The first-order valence-corrected chi connectivity index (χ1v) is 10.9. The molecule has 0 aliphatic carbocycles. The number of halogens is 1. The number of hydrogen-bond donors (Lipinski definition) is 1. The van der Waals surface area contributed by atoms with Gasteiger partial charge in [-0.25, -0.2) is 4.79 Å². The second kappa shape index (κ2) is 9.69. The Labute approximate surface area is 182 Å². The average Bonchev–Trinajstić information content (AvgIpc) is 3.12. The Morgan fingerprint density at radius 1 is 1.07 bits per heavy atom. The first-order chi connectivity index (χ1) is 14.6. The van der Waals surface area contributed by atoms with Gasteiger partial charge in [-0.05, 0) is 67.8 Å². The molecule has 2 aromatic rings. The molecular formula is C23H28ClN3O3. The molecule has 0 aromatic heterocycles. The van der Waals surface area contributed by atoms with E-state index in [-0.39, 0.29) is 18.3 Å². The number of ether oxygens (including phenoxy) is 2. The number of piperidine rings is 1. The number of likely N-dealkylation sites (tertiary alicyclic amines) is 1. The number of hydrogen-bond acceptors (Lipinski definition) is 5. The summed E-state index contributed by atoms with van der Waals surface area (Å²) in [5.74, 6) is 0.914. The number of cyclic esters (lactones) is 1. The predicted molar refractivity (Wildman–Crippen MR) is 118 cm³/mol. The fourth-order valence-corrected chi connectivity index (χ4v) is 4.17. The molecule has 0 bridgehead atoms. The van der Waals surface area contributed by atoms with E-state index in [0.29, 0.717) is 18.1 Å². The number of rotatable bonds is 7. The van der Waals surface area contributed by atoms with Crippen molar-refractivity contribution in [3.05, 3.63) is 59.1 Å². The summed E-state index contributed by atoms with van der Waals surface area (Å²) in [6.07, 6.45) is 2.62. The molecule has 1 atom stereocenters. The van der Waals surface area contributed by atoms with Crippen molar-refractivity contribution in [2.24, 2.45) is 5.73 Å². The van der Waals surface area contributed by atoms with E-state index >= 15 is 0 Å². The molecule has 2 fully saturated rings. The number of anilines is 1. The zero-order valence-corrected chi connectivity index (χ0v) is 17.8. The molecule has 0 radical (unpaired) electrons. The fourth-order valence-electron chi connectivity index (χ4n) is 4.04. The SMILES string of the molecule is NCCc1ccc(OC2CCN(CC3CN(c4ccc(Cl)cc4)C(=O)O3)CC2)cc1. The van der Waals surface area contributed by atoms with Crippen molar-refractivity contribution in [1.82, 2.24) is 4.90 Å². The van der Waals surface area contributed by atoms with E-state index in [1.807, 2.05) is 24.3 Å². The number of nitrogens with zero attached hydrogens (tertiary/aromatic N) is 2. The molecule has 1 amide bonds. The lowest BCUT2D eigenvalue weighted by atomic mass is 10.1. The molecule has 2 aliphatic heterocycles. The minimum Gasteiger partial charge on any atom is -0.490 e. The van der Waals surface area contributed by atoms with Crippen LogP contribution in [0.4, 0.5) is 10.5 Å². The summed E-state index contributed by atoms with van der Waals surface area (Å²) in [5, 5.41) is 0.652. The molecular weight excluding hydrogens is 402 g/mol. The Morgan fingerprint density at radius 2 is 1.77 bits per heavy atom. The van der Waals surface area contributed by atoms with Crippen molar-refractivity contribution in [3.63, 3.8) is 0 Å². The summed E-state index contributed by atoms with van der Waals surface area (Å²) in [6.45, 7) is 3.84. The van der Waals surface area contributed by atoms with Gasteiger partial charge in [-0.15, -0.1) is 0 Å². The highest BCUT2D eigenvalue weighted by molar-refractivity contribution is 6.30.